The lowest BCUT2D eigenvalue weighted by molar-refractivity contribution is -0.143. The number of hydrogen-bond acceptors (Lipinski definition) is 5. The number of hydrogen-bond donors (Lipinski definition) is 4. The van der Waals surface area contributed by atoms with E-state index in [0.29, 0.717) is 12.8 Å². The summed E-state index contributed by atoms with van der Waals surface area (Å²) in [5, 5.41) is 22.4. The minimum Gasteiger partial charge on any atom is -0.480 e. The number of aliphatic hydroxyl groups excluding tert-OH is 1. The van der Waals surface area contributed by atoms with Crippen LogP contribution in [-0.2, 0) is 20.9 Å². The van der Waals surface area contributed by atoms with Crippen molar-refractivity contribution >= 4 is 18.0 Å². The van der Waals surface area contributed by atoms with Crippen molar-refractivity contribution in [2.24, 2.45) is 0 Å². The maximum absolute atomic E-state index is 12.1. The molecule has 1 aromatic rings. The highest BCUT2D eigenvalue weighted by molar-refractivity contribution is 5.89. The van der Waals surface area contributed by atoms with Gasteiger partial charge in [0, 0.05) is 0 Å². The Morgan fingerprint density at radius 1 is 1.12 bits per heavy atom. The van der Waals surface area contributed by atoms with Crippen LogP contribution in [0.3, 0.4) is 0 Å². The van der Waals surface area contributed by atoms with Gasteiger partial charge >= 0.3 is 12.1 Å². The Bertz CT molecular complexity index is 549. The Hall–Kier alpha value is -2.61. The zero-order valence-electron chi connectivity index (χ0n) is 13.4. The van der Waals surface area contributed by atoms with Gasteiger partial charge in [-0.2, -0.15) is 0 Å². The average Bonchev–Trinajstić information content (AvgIpc) is 2.57. The normalized spacial score (nSPS) is 12.8. The summed E-state index contributed by atoms with van der Waals surface area (Å²) >= 11 is 0. The summed E-state index contributed by atoms with van der Waals surface area (Å²) in [6.07, 6.45) is 0.126. The molecule has 8 heteroatoms. The van der Waals surface area contributed by atoms with Gasteiger partial charge in [-0.25, -0.2) is 9.59 Å². The fourth-order valence-electron chi connectivity index (χ4n) is 1.92. The molecule has 1 aromatic carbocycles. The number of amides is 2. The first-order valence-electron chi connectivity index (χ1n) is 7.59. The summed E-state index contributed by atoms with van der Waals surface area (Å²) in [5.41, 5.74) is 0.801. The van der Waals surface area contributed by atoms with Crippen molar-refractivity contribution in [3.05, 3.63) is 35.9 Å². The summed E-state index contributed by atoms with van der Waals surface area (Å²) in [4.78, 5) is 34.7. The van der Waals surface area contributed by atoms with Crippen LogP contribution < -0.4 is 10.6 Å². The number of carboxylic acids is 1. The largest absolute Gasteiger partial charge is 0.480 e. The van der Waals surface area contributed by atoms with E-state index in [2.05, 4.69) is 10.6 Å². The smallest absolute Gasteiger partial charge is 0.408 e. The molecule has 0 radical (unpaired) electrons. The molecule has 0 saturated carbocycles. The van der Waals surface area contributed by atoms with Crippen molar-refractivity contribution in [3.8, 4) is 0 Å². The summed E-state index contributed by atoms with van der Waals surface area (Å²) < 4.78 is 5.04. The van der Waals surface area contributed by atoms with Crippen LogP contribution in [0, 0.1) is 0 Å². The molecular weight excluding hydrogens is 316 g/mol. The molecule has 0 saturated heterocycles. The van der Waals surface area contributed by atoms with E-state index in [9.17, 15) is 14.4 Å². The molecule has 4 N–H and O–H groups in total. The van der Waals surface area contributed by atoms with E-state index in [0.717, 1.165) is 5.56 Å². The van der Waals surface area contributed by atoms with Gasteiger partial charge in [-0.05, 0) is 12.0 Å². The molecule has 132 valence electrons. The number of aliphatic carboxylic acids is 1. The van der Waals surface area contributed by atoms with Crippen LogP contribution in [0.15, 0.2) is 30.3 Å². The molecular formula is C16H22N2O6. The predicted molar refractivity (Wildman–Crippen MR) is 85.1 cm³/mol. The van der Waals surface area contributed by atoms with E-state index in [1.807, 2.05) is 25.1 Å². The van der Waals surface area contributed by atoms with Gasteiger partial charge < -0.3 is 25.6 Å². The lowest BCUT2D eigenvalue weighted by Crippen LogP contribution is -2.52. The number of aliphatic hydroxyl groups is 1. The van der Waals surface area contributed by atoms with E-state index >= 15 is 0 Å². The number of rotatable bonds is 9. The van der Waals surface area contributed by atoms with Crippen molar-refractivity contribution in [1.29, 1.82) is 0 Å². The highest BCUT2D eigenvalue weighted by Gasteiger charge is 2.25. The predicted octanol–water partition coefficient (Wildman–Crippen LogP) is 0.643. The standard InChI is InChI=1S/C16H22N2O6/c1-2-6-12(14(20)17-13(9-19)15(21)22)18-16(23)24-10-11-7-4-3-5-8-11/h3-5,7-8,12-13,19H,2,6,9-10H2,1H3,(H,17,20)(H,18,23)(H,21,22)/t12-,13-/m1/s1. The number of alkyl carbamates (subject to hydrolysis) is 1. The summed E-state index contributed by atoms with van der Waals surface area (Å²) in [6, 6.07) is 6.69. The van der Waals surface area contributed by atoms with Crippen molar-refractivity contribution in [2.45, 2.75) is 38.5 Å². The highest BCUT2D eigenvalue weighted by atomic mass is 16.5. The average molecular weight is 338 g/mol. The molecule has 2 amide bonds. The Kier molecular flexibility index (Phi) is 8.28. The number of benzene rings is 1. The van der Waals surface area contributed by atoms with Gasteiger partial charge in [0.25, 0.3) is 0 Å². The first kappa shape index (κ1) is 19.4. The maximum Gasteiger partial charge on any atom is 0.408 e. The zero-order chi connectivity index (χ0) is 17.9. The van der Waals surface area contributed by atoms with Crippen LogP contribution in [0.1, 0.15) is 25.3 Å². The topological polar surface area (TPSA) is 125 Å². The van der Waals surface area contributed by atoms with E-state index in [4.69, 9.17) is 14.9 Å². The molecule has 8 nitrogen and oxygen atoms in total. The number of carbonyl (C=O) groups excluding carboxylic acids is 2. The van der Waals surface area contributed by atoms with Gasteiger partial charge in [-0.3, -0.25) is 4.79 Å². The van der Waals surface area contributed by atoms with E-state index in [1.54, 1.807) is 12.1 Å². The number of ether oxygens (including phenoxy) is 1. The molecule has 0 fully saturated rings. The van der Waals surface area contributed by atoms with Gasteiger partial charge in [0.1, 0.15) is 18.7 Å². The molecule has 2 atom stereocenters. The molecule has 0 aliphatic carbocycles. The molecule has 0 heterocycles. The Morgan fingerprint density at radius 2 is 1.79 bits per heavy atom. The van der Waals surface area contributed by atoms with Crippen molar-refractivity contribution in [2.75, 3.05) is 6.61 Å². The SMILES string of the molecule is CCC[C@@H](NC(=O)OCc1ccccc1)C(=O)N[C@H](CO)C(=O)O. The van der Waals surface area contributed by atoms with Crippen LogP contribution in [0.2, 0.25) is 0 Å². The molecule has 1 rings (SSSR count). The quantitative estimate of drug-likeness (QED) is 0.524. The van der Waals surface area contributed by atoms with Crippen LogP contribution in [0.4, 0.5) is 4.79 Å². The first-order valence-corrected chi connectivity index (χ1v) is 7.59. The molecule has 0 unspecified atom stereocenters. The van der Waals surface area contributed by atoms with Crippen LogP contribution in [0.5, 0.6) is 0 Å². The minimum absolute atomic E-state index is 0.0571. The second-order valence-corrected chi connectivity index (χ2v) is 5.13. The second kappa shape index (κ2) is 10.2. The van der Waals surface area contributed by atoms with E-state index < -0.39 is 36.7 Å². The van der Waals surface area contributed by atoms with Gasteiger partial charge in [-0.15, -0.1) is 0 Å². The zero-order valence-corrected chi connectivity index (χ0v) is 13.4. The van der Waals surface area contributed by atoms with Gasteiger partial charge in [0.15, 0.2) is 0 Å². The van der Waals surface area contributed by atoms with Crippen LogP contribution in [0.25, 0.3) is 0 Å². The Balaban J connectivity index is 2.55. The summed E-state index contributed by atoms with van der Waals surface area (Å²) in [5.74, 6) is -2.04. The fourth-order valence-corrected chi connectivity index (χ4v) is 1.92. The molecule has 0 aliphatic rings. The highest BCUT2D eigenvalue weighted by Crippen LogP contribution is 2.03. The first-order chi connectivity index (χ1) is 11.5. The third kappa shape index (κ3) is 6.66. The van der Waals surface area contributed by atoms with Crippen LogP contribution >= 0.6 is 0 Å². The van der Waals surface area contributed by atoms with Gasteiger partial charge in [0.2, 0.25) is 5.91 Å². The van der Waals surface area contributed by atoms with Crippen LogP contribution in [-0.4, -0.2) is 46.9 Å². The lowest BCUT2D eigenvalue weighted by Gasteiger charge is -2.20. The molecule has 0 aromatic heterocycles. The van der Waals surface area contributed by atoms with Gasteiger partial charge in [-0.1, -0.05) is 43.7 Å². The molecule has 0 bridgehead atoms. The number of carboxylic acid groups (broad SMARTS) is 1. The molecule has 0 spiro atoms. The van der Waals surface area contributed by atoms with Crippen molar-refractivity contribution < 1.29 is 29.3 Å². The number of carbonyl (C=O) groups is 3. The number of nitrogens with one attached hydrogen (secondary N) is 2. The van der Waals surface area contributed by atoms with Crippen molar-refractivity contribution in [1.82, 2.24) is 10.6 Å². The second-order valence-electron chi connectivity index (χ2n) is 5.13. The molecule has 0 aliphatic heterocycles. The minimum atomic E-state index is -1.42. The van der Waals surface area contributed by atoms with E-state index in [-0.39, 0.29) is 6.61 Å². The third-order valence-electron chi connectivity index (χ3n) is 3.20. The molecule has 24 heavy (non-hydrogen) atoms. The summed E-state index contributed by atoms with van der Waals surface area (Å²) in [6.45, 7) is 1.14. The Labute approximate surface area is 139 Å². The summed E-state index contributed by atoms with van der Waals surface area (Å²) in [7, 11) is 0. The Morgan fingerprint density at radius 3 is 2.33 bits per heavy atom. The lowest BCUT2D eigenvalue weighted by atomic mass is 10.1. The van der Waals surface area contributed by atoms with Gasteiger partial charge in [0.05, 0.1) is 6.61 Å². The van der Waals surface area contributed by atoms with E-state index in [1.165, 1.54) is 0 Å². The maximum atomic E-state index is 12.1. The third-order valence-corrected chi connectivity index (χ3v) is 3.20. The van der Waals surface area contributed by atoms with Crippen molar-refractivity contribution in [3.63, 3.8) is 0 Å². The monoisotopic (exact) mass is 338 g/mol. The fraction of sp³-hybridized carbons (Fsp3) is 0.438.